The van der Waals surface area contributed by atoms with E-state index in [9.17, 15) is 0 Å². The summed E-state index contributed by atoms with van der Waals surface area (Å²) in [6.45, 7) is 7.25. The van der Waals surface area contributed by atoms with Crippen molar-refractivity contribution < 1.29 is 0 Å². The molecule has 0 atom stereocenters. The molecule has 3 nitrogen and oxygen atoms in total. The molecule has 0 spiro atoms. The van der Waals surface area contributed by atoms with Gasteiger partial charge in [0.25, 0.3) is 0 Å². The summed E-state index contributed by atoms with van der Waals surface area (Å²) in [7, 11) is 0. The molecule has 3 rings (SSSR count). The van der Waals surface area contributed by atoms with Crippen LogP contribution in [-0.4, -0.2) is 14.8 Å². The summed E-state index contributed by atoms with van der Waals surface area (Å²) in [6, 6.07) is 16.9. The van der Waals surface area contributed by atoms with E-state index in [2.05, 4.69) is 84.1 Å². The van der Waals surface area contributed by atoms with Crippen LogP contribution < -0.4 is 0 Å². The second-order valence-corrected chi connectivity index (χ2v) is 6.59. The van der Waals surface area contributed by atoms with Crippen molar-refractivity contribution in [2.24, 2.45) is 0 Å². The molecule has 23 heavy (non-hydrogen) atoms. The Morgan fingerprint density at radius 3 is 2.57 bits per heavy atom. The molecule has 118 valence electrons. The Balaban J connectivity index is 1.85. The molecule has 3 aromatic rings. The van der Waals surface area contributed by atoms with E-state index in [0.717, 1.165) is 28.8 Å². The number of hydrogen-bond acceptors (Lipinski definition) is 3. The molecule has 0 saturated heterocycles. The zero-order valence-corrected chi connectivity index (χ0v) is 14.6. The van der Waals surface area contributed by atoms with Crippen molar-refractivity contribution in [2.75, 3.05) is 0 Å². The summed E-state index contributed by atoms with van der Waals surface area (Å²) in [5, 5.41) is 9.84. The van der Waals surface area contributed by atoms with Gasteiger partial charge in [-0.05, 0) is 31.9 Å². The van der Waals surface area contributed by atoms with Crippen molar-refractivity contribution in [2.45, 2.75) is 38.2 Å². The maximum atomic E-state index is 4.44. The summed E-state index contributed by atoms with van der Waals surface area (Å²) in [5.41, 5.74) is 4.99. The fraction of sp³-hybridized carbons (Fsp3) is 0.263. The first-order valence-corrected chi connectivity index (χ1v) is 8.85. The molecule has 0 radical (unpaired) electrons. The van der Waals surface area contributed by atoms with Crippen molar-refractivity contribution in [3.8, 4) is 11.4 Å². The normalized spacial score (nSPS) is 10.9. The Morgan fingerprint density at radius 2 is 1.83 bits per heavy atom. The first-order chi connectivity index (χ1) is 11.2. The van der Waals surface area contributed by atoms with E-state index in [1.54, 1.807) is 11.8 Å². The van der Waals surface area contributed by atoms with Crippen LogP contribution in [-0.2, 0) is 12.3 Å². The molecule has 0 fully saturated rings. The van der Waals surface area contributed by atoms with Gasteiger partial charge in [0.15, 0.2) is 11.0 Å². The number of nitrogens with zero attached hydrogens (tertiary/aromatic N) is 3. The summed E-state index contributed by atoms with van der Waals surface area (Å²) in [4.78, 5) is 0. The van der Waals surface area contributed by atoms with E-state index in [0.29, 0.717) is 0 Å². The van der Waals surface area contributed by atoms with Crippen LogP contribution in [0.2, 0.25) is 0 Å². The fourth-order valence-corrected chi connectivity index (χ4v) is 3.60. The molecule has 0 aliphatic rings. The van der Waals surface area contributed by atoms with Gasteiger partial charge < -0.3 is 4.57 Å². The lowest BCUT2D eigenvalue weighted by molar-refractivity contribution is 0.687. The Hall–Kier alpha value is -2.07. The molecule has 0 N–H and O–H groups in total. The first kappa shape index (κ1) is 15.8. The molecule has 0 aliphatic carbocycles. The average molecular weight is 323 g/mol. The second kappa shape index (κ2) is 7.01. The Kier molecular flexibility index (Phi) is 4.82. The third kappa shape index (κ3) is 3.48. The highest BCUT2D eigenvalue weighted by atomic mass is 32.2. The van der Waals surface area contributed by atoms with Gasteiger partial charge in [-0.3, -0.25) is 0 Å². The zero-order chi connectivity index (χ0) is 16.2. The van der Waals surface area contributed by atoms with Crippen molar-refractivity contribution in [3.63, 3.8) is 0 Å². The van der Waals surface area contributed by atoms with Crippen LogP contribution in [0.15, 0.2) is 53.7 Å². The molecule has 1 aromatic heterocycles. The van der Waals surface area contributed by atoms with Crippen LogP contribution in [0.3, 0.4) is 0 Å². The highest BCUT2D eigenvalue weighted by Crippen LogP contribution is 2.28. The largest absolute Gasteiger partial charge is 0.302 e. The maximum Gasteiger partial charge on any atom is 0.191 e. The lowest BCUT2D eigenvalue weighted by Gasteiger charge is -2.09. The van der Waals surface area contributed by atoms with Crippen molar-refractivity contribution in [3.05, 3.63) is 65.2 Å². The van der Waals surface area contributed by atoms with Crippen LogP contribution in [0, 0.1) is 13.8 Å². The number of hydrogen-bond donors (Lipinski definition) is 0. The lowest BCUT2D eigenvalue weighted by atomic mass is 10.1. The monoisotopic (exact) mass is 323 g/mol. The fourth-order valence-electron chi connectivity index (χ4n) is 2.65. The number of rotatable bonds is 5. The van der Waals surface area contributed by atoms with Gasteiger partial charge in [-0.15, -0.1) is 10.2 Å². The number of aromatic nitrogens is 3. The predicted molar refractivity (Wildman–Crippen MR) is 96.6 cm³/mol. The molecule has 0 amide bonds. The van der Waals surface area contributed by atoms with Crippen LogP contribution in [0.1, 0.15) is 23.6 Å². The zero-order valence-electron chi connectivity index (χ0n) is 13.8. The van der Waals surface area contributed by atoms with Gasteiger partial charge >= 0.3 is 0 Å². The molecule has 2 aromatic carbocycles. The van der Waals surface area contributed by atoms with Gasteiger partial charge in [-0.1, -0.05) is 65.9 Å². The molecule has 4 heteroatoms. The standard InChI is InChI=1S/C19H21N3S/c1-4-22-18(17-11-6-5-9-15(17)3)20-21-19(22)23-13-16-10-7-8-14(2)12-16/h5-12H,4,13H2,1-3H3. The summed E-state index contributed by atoms with van der Waals surface area (Å²) in [6.07, 6.45) is 0. The Labute approximate surface area is 141 Å². The van der Waals surface area contributed by atoms with Crippen LogP contribution in [0.5, 0.6) is 0 Å². The minimum absolute atomic E-state index is 0.868. The number of aryl methyl sites for hydroxylation is 2. The van der Waals surface area contributed by atoms with Gasteiger partial charge in [-0.25, -0.2) is 0 Å². The van der Waals surface area contributed by atoms with E-state index < -0.39 is 0 Å². The molecule has 1 heterocycles. The lowest BCUT2D eigenvalue weighted by Crippen LogP contribution is -2.00. The Morgan fingerprint density at radius 1 is 1.00 bits per heavy atom. The van der Waals surface area contributed by atoms with E-state index in [1.807, 2.05) is 0 Å². The smallest absolute Gasteiger partial charge is 0.191 e. The van der Waals surface area contributed by atoms with Gasteiger partial charge in [0.1, 0.15) is 0 Å². The maximum absolute atomic E-state index is 4.44. The summed E-state index contributed by atoms with van der Waals surface area (Å²) >= 11 is 1.74. The highest BCUT2D eigenvalue weighted by molar-refractivity contribution is 7.98. The van der Waals surface area contributed by atoms with E-state index in [4.69, 9.17) is 0 Å². The van der Waals surface area contributed by atoms with Gasteiger partial charge in [0, 0.05) is 17.9 Å². The predicted octanol–water partition coefficient (Wildman–Crippen LogP) is 4.87. The van der Waals surface area contributed by atoms with Crippen LogP contribution in [0.4, 0.5) is 0 Å². The van der Waals surface area contributed by atoms with Crippen molar-refractivity contribution in [1.82, 2.24) is 14.8 Å². The molecular weight excluding hydrogens is 302 g/mol. The molecule has 0 aliphatic heterocycles. The van der Waals surface area contributed by atoms with E-state index in [-0.39, 0.29) is 0 Å². The summed E-state index contributed by atoms with van der Waals surface area (Å²) < 4.78 is 2.20. The molecular formula is C19H21N3S. The average Bonchev–Trinajstić information content (AvgIpc) is 2.96. The minimum Gasteiger partial charge on any atom is -0.302 e. The molecule has 0 saturated carbocycles. The van der Waals surface area contributed by atoms with Crippen LogP contribution >= 0.6 is 11.8 Å². The third-order valence-electron chi connectivity index (χ3n) is 3.87. The van der Waals surface area contributed by atoms with Crippen LogP contribution in [0.25, 0.3) is 11.4 Å². The molecule has 0 unspecified atom stereocenters. The van der Waals surface area contributed by atoms with Gasteiger partial charge in [-0.2, -0.15) is 0 Å². The highest BCUT2D eigenvalue weighted by Gasteiger charge is 2.14. The second-order valence-electron chi connectivity index (χ2n) is 5.64. The SMILES string of the molecule is CCn1c(SCc2cccc(C)c2)nnc1-c1ccccc1C. The quantitative estimate of drug-likeness (QED) is 0.627. The minimum atomic E-state index is 0.868. The first-order valence-electron chi connectivity index (χ1n) is 7.86. The Bertz CT molecular complexity index is 808. The molecule has 0 bridgehead atoms. The van der Waals surface area contributed by atoms with E-state index >= 15 is 0 Å². The number of benzene rings is 2. The van der Waals surface area contributed by atoms with Crippen molar-refractivity contribution in [1.29, 1.82) is 0 Å². The van der Waals surface area contributed by atoms with Gasteiger partial charge in [0.05, 0.1) is 0 Å². The third-order valence-corrected chi connectivity index (χ3v) is 4.91. The van der Waals surface area contributed by atoms with Crippen molar-refractivity contribution >= 4 is 11.8 Å². The van der Waals surface area contributed by atoms with Gasteiger partial charge in [0.2, 0.25) is 0 Å². The number of thioether (sulfide) groups is 1. The van der Waals surface area contributed by atoms with E-state index in [1.165, 1.54) is 16.7 Å². The topological polar surface area (TPSA) is 30.7 Å². The summed E-state index contributed by atoms with van der Waals surface area (Å²) in [5.74, 6) is 1.87.